The van der Waals surface area contributed by atoms with Crippen LogP contribution in [0.5, 0.6) is 0 Å². The van der Waals surface area contributed by atoms with Crippen LogP contribution in [-0.4, -0.2) is 50.1 Å². The van der Waals surface area contributed by atoms with Crippen molar-refractivity contribution in [3.05, 3.63) is 35.1 Å². The van der Waals surface area contributed by atoms with Crippen LogP contribution in [0.3, 0.4) is 0 Å². The lowest BCUT2D eigenvalue weighted by Gasteiger charge is -2.21. The van der Waals surface area contributed by atoms with Crippen LogP contribution >= 0.6 is 0 Å². The largest absolute Gasteiger partial charge is 0.320 e. The van der Waals surface area contributed by atoms with Crippen molar-refractivity contribution in [1.82, 2.24) is 9.80 Å². The van der Waals surface area contributed by atoms with Crippen LogP contribution in [0.1, 0.15) is 17.5 Å². The molecule has 1 aromatic carbocycles. The molecule has 0 radical (unpaired) electrons. The van der Waals surface area contributed by atoms with Crippen LogP contribution in [-0.2, 0) is 6.54 Å². The van der Waals surface area contributed by atoms with Crippen molar-refractivity contribution in [3.63, 3.8) is 0 Å². The molecule has 0 amide bonds. The van der Waals surface area contributed by atoms with Gasteiger partial charge in [-0.25, -0.2) is 4.39 Å². The zero-order valence-corrected chi connectivity index (χ0v) is 12.9. The third-order valence-corrected chi connectivity index (χ3v) is 3.90. The Bertz CT molecular complexity index is 533. The summed E-state index contributed by atoms with van der Waals surface area (Å²) < 4.78 is 13.4. The number of hydrogen-bond donors (Lipinski definition) is 1. The molecule has 3 nitrogen and oxygen atoms in total. The van der Waals surface area contributed by atoms with Gasteiger partial charge < -0.3 is 15.5 Å². The van der Waals surface area contributed by atoms with Crippen molar-refractivity contribution in [3.8, 4) is 11.8 Å². The minimum absolute atomic E-state index is 0.250. The average Bonchev–Trinajstić information content (AvgIpc) is 2.84. The van der Waals surface area contributed by atoms with E-state index in [-0.39, 0.29) is 5.82 Å². The van der Waals surface area contributed by atoms with Crippen molar-refractivity contribution < 1.29 is 4.39 Å². The summed E-state index contributed by atoms with van der Waals surface area (Å²) in [7, 11) is 4.28. The minimum Gasteiger partial charge on any atom is -0.320 e. The molecule has 0 aliphatic carbocycles. The summed E-state index contributed by atoms with van der Waals surface area (Å²) in [5.41, 5.74) is 7.21. The quantitative estimate of drug-likeness (QED) is 0.853. The molecule has 1 aliphatic rings. The topological polar surface area (TPSA) is 32.5 Å². The van der Waals surface area contributed by atoms with Gasteiger partial charge in [0, 0.05) is 25.2 Å². The van der Waals surface area contributed by atoms with E-state index in [1.165, 1.54) is 25.1 Å². The smallest absolute Gasteiger partial charge is 0.124 e. The monoisotopic (exact) mass is 289 g/mol. The van der Waals surface area contributed by atoms with Gasteiger partial charge in [0.2, 0.25) is 0 Å². The van der Waals surface area contributed by atoms with Gasteiger partial charge in [0.15, 0.2) is 0 Å². The standard InChI is InChI=1S/C17H24FN3/c1-20-9-7-14(11-20)12-21(2)13-16-5-6-17(18)10-15(16)4-3-8-19/h5-6,10,14H,7-9,11-13,19H2,1-2H3. The summed E-state index contributed by atoms with van der Waals surface area (Å²) in [4.78, 5) is 4.67. The maximum atomic E-state index is 13.4. The highest BCUT2D eigenvalue weighted by molar-refractivity contribution is 5.41. The number of hydrogen-bond acceptors (Lipinski definition) is 3. The maximum absolute atomic E-state index is 13.4. The highest BCUT2D eigenvalue weighted by atomic mass is 19.1. The van der Waals surface area contributed by atoms with E-state index in [2.05, 4.69) is 35.7 Å². The van der Waals surface area contributed by atoms with Gasteiger partial charge in [-0.05, 0) is 50.7 Å². The fourth-order valence-corrected chi connectivity index (χ4v) is 2.92. The second-order valence-corrected chi connectivity index (χ2v) is 5.92. The number of nitrogens with zero attached hydrogens (tertiary/aromatic N) is 2. The molecule has 1 heterocycles. The van der Waals surface area contributed by atoms with E-state index in [9.17, 15) is 4.39 Å². The molecule has 4 heteroatoms. The maximum Gasteiger partial charge on any atom is 0.124 e. The average molecular weight is 289 g/mol. The number of likely N-dealkylation sites (tertiary alicyclic amines) is 1. The molecule has 1 aromatic rings. The fraction of sp³-hybridized carbons (Fsp3) is 0.529. The Morgan fingerprint density at radius 3 is 2.95 bits per heavy atom. The Hall–Kier alpha value is -1.41. The highest BCUT2D eigenvalue weighted by Crippen LogP contribution is 2.17. The molecule has 21 heavy (non-hydrogen) atoms. The van der Waals surface area contributed by atoms with Gasteiger partial charge in [0.25, 0.3) is 0 Å². The molecule has 2 N–H and O–H groups in total. The third-order valence-electron chi connectivity index (χ3n) is 3.90. The zero-order valence-electron chi connectivity index (χ0n) is 12.9. The summed E-state index contributed by atoms with van der Waals surface area (Å²) in [5.74, 6) is 6.25. The van der Waals surface area contributed by atoms with Gasteiger partial charge in [-0.2, -0.15) is 0 Å². The molecular formula is C17H24FN3. The lowest BCUT2D eigenvalue weighted by Crippen LogP contribution is -2.27. The summed E-state index contributed by atoms with van der Waals surface area (Å²) in [6.45, 7) is 4.48. The third kappa shape index (κ3) is 4.82. The first kappa shape index (κ1) is 16.0. The van der Waals surface area contributed by atoms with Crippen LogP contribution in [0.25, 0.3) is 0 Å². The lowest BCUT2D eigenvalue weighted by atomic mass is 10.1. The molecule has 1 saturated heterocycles. The van der Waals surface area contributed by atoms with Crippen LogP contribution < -0.4 is 5.73 Å². The summed E-state index contributed by atoms with van der Waals surface area (Å²) >= 11 is 0. The molecule has 1 unspecified atom stereocenters. The van der Waals surface area contributed by atoms with E-state index in [1.54, 1.807) is 0 Å². The summed E-state index contributed by atoms with van der Waals surface area (Å²) in [6.07, 6.45) is 1.25. The minimum atomic E-state index is -0.250. The summed E-state index contributed by atoms with van der Waals surface area (Å²) in [6, 6.07) is 4.82. The Balaban J connectivity index is 2.01. The molecule has 1 aliphatic heterocycles. The Morgan fingerprint density at radius 1 is 1.48 bits per heavy atom. The van der Waals surface area contributed by atoms with Gasteiger partial charge in [0.1, 0.15) is 5.82 Å². The van der Waals surface area contributed by atoms with Gasteiger partial charge in [0.05, 0.1) is 6.54 Å². The molecule has 1 atom stereocenters. The Kier molecular flexibility index (Phi) is 5.75. The molecule has 1 fully saturated rings. The van der Waals surface area contributed by atoms with E-state index in [0.717, 1.165) is 36.7 Å². The predicted molar refractivity (Wildman–Crippen MR) is 84.3 cm³/mol. The van der Waals surface area contributed by atoms with Crippen LogP contribution in [0, 0.1) is 23.6 Å². The second-order valence-electron chi connectivity index (χ2n) is 5.92. The molecule has 114 valence electrons. The van der Waals surface area contributed by atoms with E-state index in [0.29, 0.717) is 6.54 Å². The number of halogens is 1. The fourth-order valence-electron chi connectivity index (χ4n) is 2.92. The molecule has 2 rings (SSSR count). The first-order valence-electron chi connectivity index (χ1n) is 7.43. The number of benzene rings is 1. The van der Waals surface area contributed by atoms with Crippen molar-refractivity contribution in [2.75, 3.05) is 40.3 Å². The highest BCUT2D eigenvalue weighted by Gasteiger charge is 2.20. The van der Waals surface area contributed by atoms with Crippen molar-refractivity contribution in [1.29, 1.82) is 0 Å². The molecule has 0 spiro atoms. The van der Waals surface area contributed by atoms with E-state index in [1.807, 2.05) is 6.07 Å². The lowest BCUT2D eigenvalue weighted by molar-refractivity contribution is 0.267. The number of nitrogens with two attached hydrogens (primary N) is 1. The van der Waals surface area contributed by atoms with Crippen LogP contribution in [0.4, 0.5) is 4.39 Å². The van der Waals surface area contributed by atoms with Crippen molar-refractivity contribution >= 4 is 0 Å². The SMILES string of the molecule is CN1CCC(CN(C)Cc2ccc(F)cc2C#CCN)C1. The van der Waals surface area contributed by atoms with Gasteiger partial charge in [-0.1, -0.05) is 17.9 Å². The first-order valence-corrected chi connectivity index (χ1v) is 7.43. The summed E-state index contributed by atoms with van der Waals surface area (Å²) in [5, 5.41) is 0. The Labute approximate surface area is 126 Å². The molecule has 0 bridgehead atoms. The van der Waals surface area contributed by atoms with Gasteiger partial charge >= 0.3 is 0 Å². The van der Waals surface area contributed by atoms with E-state index in [4.69, 9.17) is 5.73 Å². The van der Waals surface area contributed by atoms with Crippen LogP contribution in [0.2, 0.25) is 0 Å². The molecule has 0 saturated carbocycles. The van der Waals surface area contributed by atoms with Gasteiger partial charge in [-0.3, -0.25) is 0 Å². The normalized spacial score (nSPS) is 18.8. The van der Waals surface area contributed by atoms with Crippen molar-refractivity contribution in [2.45, 2.75) is 13.0 Å². The van der Waals surface area contributed by atoms with Crippen molar-refractivity contribution in [2.24, 2.45) is 11.7 Å². The molecule has 0 aromatic heterocycles. The van der Waals surface area contributed by atoms with Gasteiger partial charge in [-0.15, -0.1) is 0 Å². The predicted octanol–water partition coefficient (Wildman–Crippen LogP) is 1.52. The number of rotatable bonds is 4. The second kappa shape index (κ2) is 7.56. The Morgan fingerprint density at radius 2 is 2.29 bits per heavy atom. The van der Waals surface area contributed by atoms with E-state index < -0.39 is 0 Å². The zero-order chi connectivity index (χ0) is 15.2. The first-order chi connectivity index (χ1) is 10.1. The molecular weight excluding hydrogens is 265 g/mol. The van der Waals surface area contributed by atoms with E-state index >= 15 is 0 Å². The van der Waals surface area contributed by atoms with Crippen LogP contribution in [0.15, 0.2) is 18.2 Å².